The molecule has 16 heteroatoms. The average Bonchev–Trinajstić information content (AvgIpc) is 2.82. The summed E-state index contributed by atoms with van der Waals surface area (Å²) >= 11 is 0. The number of carboxylic acids is 1. The summed E-state index contributed by atoms with van der Waals surface area (Å²) in [6.45, 7) is 2.95. The lowest BCUT2D eigenvalue weighted by Crippen LogP contribution is -2.50. The van der Waals surface area contributed by atoms with Crippen LogP contribution in [-0.4, -0.2) is 51.4 Å². The fraction of sp³-hybridized carbons (Fsp3) is 0.381. The van der Waals surface area contributed by atoms with Gasteiger partial charge < -0.3 is 15.2 Å². The van der Waals surface area contributed by atoms with Gasteiger partial charge in [-0.25, -0.2) is 39.9 Å². The molecule has 2 aromatic rings. The van der Waals surface area contributed by atoms with E-state index in [0.29, 0.717) is 25.3 Å². The van der Waals surface area contributed by atoms with Crippen LogP contribution >= 0.6 is 0 Å². The number of sulfonamides is 1. The lowest BCUT2D eigenvalue weighted by Gasteiger charge is -2.33. The van der Waals surface area contributed by atoms with Crippen molar-refractivity contribution in [2.24, 2.45) is 0 Å². The van der Waals surface area contributed by atoms with E-state index in [9.17, 15) is 43.5 Å². The number of rotatable bonds is 6. The van der Waals surface area contributed by atoms with Crippen molar-refractivity contribution in [3.8, 4) is 5.75 Å². The van der Waals surface area contributed by atoms with Crippen molar-refractivity contribution in [2.45, 2.75) is 36.4 Å². The average molecular weight is 564 g/mol. The fourth-order valence-electron chi connectivity index (χ4n) is 3.44. The number of hydrogen-bond acceptors (Lipinski definition) is 5. The molecule has 0 aromatic heterocycles. The fourth-order valence-corrected chi connectivity index (χ4v) is 4.85. The second-order valence-corrected chi connectivity index (χ2v) is 9.18. The predicted octanol–water partition coefficient (Wildman–Crippen LogP) is 3.84. The van der Waals surface area contributed by atoms with Gasteiger partial charge >= 0.3 is 12.1 Å². The molecule has 1 fully saturated rings. The van der Waals surface area contributed by atoms with Crippen molar-refractivity contribution in [1.29, 1.82) is 0 Å². The highest BCUT2D eigenvalue weighted by molar-refractivity contribution is 7.89. The number of carboxylic acid groups (broad SMARTS) is 1. The Bertz CT molecular complexity index is 1190. The van der Waals surface area contributed by atoms with Crippen LogP contribution in [0.3, 0.4) is 0 Å². The van der Waals surface area contributed by atoms with Crippen LogP contribution in [0.4, 0.5) is 35.1 Å². The molecule has 1 saturated heterocycles. The van der Waals surface area contributed by atoms with E-state index in [2.05, 4.69) is 10.0 Å². The summed E-state index contributed by atoms with van der Waals surface area (Å²) in [7, 11) is -5.05. The number of hydrogen-bond donors (Lipinski definition) is 3. The zero-order valence-corrected chi connectivity index (χ0v) is 19.6. The van der Waals surface area contributed by atoms with Crippen LogP contribution in [0.25, 0.3) is 0 Å². The second kappa shape index (κ2) is 12.0. The van der Waals surface area contributed by atoms with Crippen LogP contribution in [0.5, 0.6) is 5.75 Å². The maximum atomic E-state index is 14.0. The van der Waals surface area contributed by atoms with Gasteiger partial charge in [-0.3, -0.25) is 0 Å². The van der Waals surface area contributed by atoms with Crippen LogP contribution < -0.4 is 14.8 Å². The molecule has 3 N–H and O–H groups in total. The Hall–Kier alpha value is -2.98. The van der Waals surface area contributed by atoms with E-state index in [-0.39, 0.29) is 6.54 Å². The maximum absolute atomic E-state index is 14.0. The number of nitrogens with one attached hydrogen (secondary N) is 2. The number of halogens is 8. The summed E-state index contributed by atoms with van der Waals surface area (Å²) in [5.41, 5.74) is 0.741. The molecule has 0 radical (unpaired) electrons. The van der Waals surface area contributed by atoms with Crippen LogP contribution in [0.15, 0.2) is 29.2 Å². The van der Waals surface area contributed by atoms with Crippen LogP contribution in [-0.2, 0) is 14.8 Å². The molecule has 0 aliphatic carbocycles. The highest BCUT2D eigenvalue weighted by Gasteiger charge is 2.38. The van der Waals surface area contributed by atoms with E-state index in [1.807, 2.05) is 6.92 Å². The van der Waals surface area contributed by atoms with E-state index in [1.165, 1.54) is 0 Å². The minimum Gasteiger partial charge on any atom is -0.494 e. The van der Waals surface area contributed by atoms with Gasteiger partial charge in [0, 0.05) is 18.5 Å². The van der Waals surface area contributed by atoms with Crippen molar-refractivity contribution in [2.75, 3.05) is 19.7 Å². The number of benzene rings is 2. The molecule has 0 amide bonds. The standard InChI is InChI=1S/C19H19F5N2O3S.C2HF3O2/c1-2-29-11-5-3-10(4-6-11)12-7-8-25-9-13(12)26-30(27,28)19-17(23)15(21)14(20)16(22)18(19)24;3-2(4,5)1(6)7/h3-6,12-13,25-26H,2,7-9H2,1H3;(H,6,7)/t12-,13-;/m0./s1. The first-order valence-corrected chi connectivity index (χ1v) is 11.9. The summed E-state index contributed by atoms with van der Waals surface area (Å²) in [4.78, 5) is 7.00. The van der Waals surface area contributed by atoms with Crippen LogP contribution in [0.2, 0.25) is 0 Å². The van der Waals surface area contributed by atoms with E-state index >= 15 is 0 Å². The molecule has 0 unspecified atom stereocenters. The largest absolute Gasteiger partial charge is 0.494 e. The van der Waals surface area contributed by atoms with Crippen molar-refractivity contribution in [3.05, 3.63) is 58.9 Å². The van der Waals surface area contributed by atoms with Crippen molar-refractivity contribution in [3.63, 3.8) is 0 Å². The van der Waals surface area contributed by atoms with Gasteiger partial charge in [0.2, 0.25) is 15.8 Å². The van der Waals surface area contributed by atoms with Crippen molar-refractivity contribution < 1.29 is 58.2 Å². The molecule has 2 aromatic carbocycles. The number of ether oxygens (including phenoxy) is 1. The summed E-state index contributed by atoms with van der Waals surface area (Å²) in [6, 6.07) is 6.01. The molecule has 0 saturated carbocycles. The van der Waals surface area contributed by atoms with E-state index in [0.717, 1.165) is 5.56 Å². The first kappa shape index (κ1) is 30.2. The predicted molar refractivity (Wildman–Crippen MR) is 112 cm³/mol. The summed E-state index contributed by atoms with van der Waals surface area (Å²) in [5.74, 6) is -14.4. The van der Waals surface area contributed by atoms with E-state index < -0.39 is 68.1 Å². The second-order valence-electron chi connectivity index (χ2n) is 7.53. The maximum Gasteiger partial charge on any atom is 0.490 e. The van der Waals surface area contributed by atoms with Gasteiger partial charge in [-0.1, -0.05) is 12.1 Å². The Balaban J connectivity index is 0.000000604. The van der Waals surface area contributed by atoms with Crippen molar-refractivity contribution >= 4 is 16.0 Å². The Kier molecular flexibility index (Phi) is 9.84. The number of piperidine rings is 1. The Labute approximate surface area is 205 Å². The van der Waals surface area contributed by atoms with Gasteiger partial charge in [-0.05, 0) is 37.6 Å². The topological polar surface area (TPSA) is 105 Å². The number of aliphatic carboxylic acids is 1. The third kappa shape index (κ3) is 7.29. The van der Waals surface area contributed by atoms with E-state index in [4.69, 9.17) is 14.6 Å². The van der Waals surface area contributed by atoms with Gasteiger partial charge in [0.05, 0.1) is 6.61 Å². The van der Waals surface area contributed by atoms with Gasteiger partial charge in [-0.2, -0.15) is 13.2 Å². The minimum atomic E-state index is -5.08. The molecular formula is C21H20F8N2O5S. The summed E-state index contributed by atoms with van der Waals surface area (Å²) in [6.07, 6.45) is -4.60. The van der Waals surface area contributed by atoms with Gasteiger partial charge in [-0.15, -0.1) is 0 Å². The molecule has 0 bridgehead atoms. The third-order valence-electron chi connectivity index (χ3n) is 5.09. The number of alkyl halides is 3. The summed E-state index contributed by atoms with van der Waals surface area (Å²) < 4.78 is 133. The minimum absolute atomic E-state index is 0.104. The molecule has 3 rings (SSSR count). The molecular weight excluding hydrogens is 544 g/mol. The Morgan fingerprint density at radius 1 is 1.03 bits per heavy atom. The van der Waals surface area contributed by atoms with Gasteiger partial charge in [0.25, 0.3) is 0 Å². The number of carbonyl (C=O) groups is 1. The molecule has 7 nitrogen and oxygen atoms in total. The summed E-state index contributed by atoms with van der Waals surface area (Å²) in [5, 5.41) is 10.1. The first-order valence-electron chi connectivity index (χ1n) is 10.4. The molecule has 37 heavy (non-hydrogen) atoms. The quantitative estimate of drug-likeness (QED) is 0.280. The normalized spacial score (nSPS) is 18.1. The van der Waals surface area contributed by atoms with Crippen LogP contribution in [0, 0.1) is 29.1 Å². The lowest BCUT2D eigenvalue weighted by atomic mass is 9.86. The Morgan fingerprint density at radius 2 is 1.51 bits per heavy atom. The molecule has 1 aliphatic heterocycles. The van der Waals surface area contributed by atoms with Crippen molar-refractivity contribution in [1.82, 2.24) is 10.0 Å². The lowest BCUT2D eigenvalue weighted by molar-refractivity contribution is -0.192. The molecule has 206 valence electrons. The highest BCUT2D eigenvalue weighted by atomic mass is 32.2. The van der Waals surface area contributed by atoms with Crippen LogP contribution in [0.1, 0.15) is 24.8 Å². The van der Waals surface area contributed by atoms with Gasteiger partial charge in [0.15, 0.2) is 28.2 Å². The SMILES string of the molecule is CCOc1ccc([C@@H]2CCNC[C@@H]2NS(=O)(=O)c2c(F)c(F)c(F)c(F)c2F)cc1.O=C(O)C(F)(F)F. The first-order chi connectivity index (χ1) is 17.1. The zero-order valence-electron chi connectivity index (χ0n) is 18.8. The van der Waals surface area contributed by atoms with Gasteiger partial charge in [0.1, 0.15) is 5.75 Å². The zero-order chi connectivity index (χ0) is 28.1. The third-order valence-corrected chi connectivity index (χ3v) is 6.60. The molecule has 1 aliphatic rings. The smallest absolute Gasteiger partial charge is 0.490 e. The molecule has 2 atom stereocenters. The highest BCUT2D eigenvalue weighted by Crippen LogP contribution is 2.31. The monoisotopic (exact) mass is 564 g/mol. The van der Waals surface area contributed by atoms with E-state index in [1.54, 1.807) is 24.3 Å². The molecule has 1 heterocycles. The Morgan fingerprint density at radius 3 is 1.97 bits per heavy atom. The molecule has 0 spiro atoms.